The first-order valence-corrected chi connectivity index (χ1v) is 7.70. The van der Waals surface area contributed by atoms with Crippen molar-refractivity contribution in [2.75, 3.05) is 0 Å². The first-order valence-electron chi connectivity index (χ1n) is 6.91. The molecule has 0 radical (unpaired) electrons. The van der Waals surface area contributed by atoms with Gasteiger partial charge in [-0.3, -0.25) is 9.48 Å². The van der Waals surface area contributed by atoms with Crippen LogP contribution in [-0.4, -0.2) is 15.7 Å². The average molecular weight is 354 g/mol. The number of aromatic nitrogens is 2. The molecule has 21 heavy (non-hydrogen) atoms. The summed E-state index contributed by atoms with van der Waals surface area (Å²) in [5.41, 5.74) is 1.97. The Kier molecular flexibility index (Phi) is 4.88. The Morgan fingerprint density at radius 3 is 2.67 bits per heavy atom. The van der Waals surface area contributed by atoms with E-state index in [1.165, 1.54) is 0 Å². The van der Waals surface area contributed by atoms with E-state index in [2.05, 4.69) is 26.3 Å². The fourth-order valence-corrected chi connectivity index (χ4v) is 2.41. The number of halogens is 1. The highest BCUT2D eigenvalue weighted by molar-refractivity contribution is 9.10. The maximum absolute atomic E-state index is 12.1. The number of nitrogens with zero attached hydrogens (tertiary/aromatic N) is 2. The third-order valence-corrected chi connectivity index (χ3v) is 4.57. The van der Waals surface area contributed by atoms with Crippen LogP contribution in [0.2, 0.25) is 0 Å². The van der Waals surface area contributed by atoms with Crippen molar-refractivity contribution in [1.29, 1.82) is 0 Å². The number of hydrogen-bond acceptors (Lipinski definition) is 3. The minimum absolute atomic E-state index is 0.00673. The van der Waals surface area contributed by atoms with Crippen molar-refractivity contribution >= 4 is 21.8 Å². The minimum atomic E-state index is -0.161. The Morgan fingerprint density at radius 1 is 1.43 bits per heavy atom. The molecule has 0 aliphatic rings. The molecule has 2 aromatic heterocycles. The maximum Gasteiger partial charge on any atom is 0.225 e. The summed E-state index contributed by atoms with van der Waals surface area (Å²) >= 11 is 3.49. The Labute approximate surface area is 132 Å². The van der Waals surface area contributed by atoms with Gasteiger partial charge in [-0.05, 0) is 48.8 Å². The molecule has 1 atom stereocenters. The average Bonchev–Trinajstić information content (AvgIpc) is 2.96. The molecule has 0 saturated heterocycles. The monoisotopic (exact) mass is 353 g/mol. The molecule has 2 heterocycles. The largest absolute Gasteiger partial charge is 0.465 e. The first-order chi connectivity index (χ1) is 9.88. The normalized spacial score (nSPS) is 12.4. The van der Waals surface area contributed by atoms with Crippen LogP contribution in [0.3, 0.4) is 0 Å². The highest BCUT2D eigenvalue weighted by Crippen LogP contribution is 2.20. The topological polar surface area (TPSA) is 60.1 Å². The number of furan rings is 1. The van der Waals surface area contributed by atoms with Gasteiger partial charge in [0.15, 0.2) is 0 Å². The standard InChI is InChI=1S/C15H20BrN3O2/c1-9(8-19-12(4)14(16)11(3)18-19)15(20)17-7-13-6-5-10(2)21-13/h5-6,9H,7-8H2,1-4H3,(H,17,20). The number of carbonyl (C=O) groups excluding carboxylic acids is 1. The van der Waals surface area contributed by atoms with Crippen LogP contribution in [0.25, 0.3) is 0 Å². The summed E-state index contributed by atoms with van der Waals surface area (Å²) in [5.74, 6) is 1.44. The molecule has 5 nitrogen and oxygen atoms in total. The molecule has 1 amide bonds. The second kappa shape index (κ2) is 6.47. The van der Waals surface area contributed by atoms with Gasteiger partial charge in [-0.15, -0.1) is 0 Å². The van der Waals surface area contributed by atoms with Crippen LogP contribution >= 0.6 is 15.9 Å². The maximum atomic E-state index is 12.1. The van der Waals surface area contributed by atoms with Crippen LogP contribution < -0.4 is 5.32 Å². The van der Waals surface area contributed by atoms with E-state index in [4.69, 9.17) is 4.42 Å². The van der Waals surface area contributed by atoms with Crippen LogP contribution in [0.4, 0.5) is 0 Å². The molecular formula is C15H20BrN3O2. The van der Waals surface area contributed by atoms with Crippen LogP contribution in [0.5, 0.6) is 0 Å². The number of carbonyl (C=O) groups is 1. The van der Waals surface area contributed by atoms with E-state index in [1.807, 2.05) is 44.5 Å². The predicted molar refractivity (Wildman–Crippen MR) is 83.9 cm³/mol. The highest BCUT2D eigenvalue weighted by atomic mass is 79.9. The summed E-state index contributed by atoms with van der Waals surface area (Å²) in [6.07, 6.45) is 0. The van der Waals surface area contributed by atoms with E-state index in [0.717, 1.165) is 27.4 Å². The Morgan fingerprint density at radius 2 is 2.14 bits per heavy atom. The molecule has 1 N–H and O–H groups in total. The van der Waals surface area contributed by atoms with Crippen LogP contribution in [-0.2, 0) is 17.9 Å². The summed E-state index contributed by atoms with van der Waals surface area (Å²) < 4.78 is 8.29. The Bertz CT molecular complexity index is 645. The van der Waals surface area contributed by atoms with E-state index in [0.29, 0.717) is 13.1 Å². The van der Waals surface area contributed by atoms with Gasteiger partial charge in [0.1, 0.15) is 11.5 Å². The van der Waals surface area contributed by atoms with Gasteiger partial charge < -0.3 is 9.73 Å². The lowest BCUT2D eigenvalue weighted by Gasteiger charge is -2.13. The number of hydrogen-bond donors (Lipinski definition) is 1. The zero-order valence-electron chi connectivity index (χ0n) is 12.7. The molecule has 2 rings (SSSR count). The van der Waals surface area contributed by atoms with Gasteiger partial charge in [0.25, 0.3) is 0 Å². The van der Waals surface area contributed by atoms with Crippen molar-refractivity contribution in [2.24, 2.45) is 5.92 Å². The molecule has 0 spiro atoms. The van der Waals surface area contributed by atoms with E-state index >= 15 is 0 Å². The van der Waals surface area contributed by atoms with Gasteiger partial charge >= 0.3 is 0 Å². The Hall–Kier alpha value is -1.56. The summed E-state index contributed by atoms with van der Waals surface area (Å²) in [5, 5.41) is 7.31. The fourth-order valence-electron chi connectivity index (χ4n) is 2.12. The van der Waals surface area contributed by atoms with Crippen molar-refractivity contribution in [1.82, 2.24) is 15.1 Å². The van der Waals surface area contributed by atoms with Crippen LogP contribution in [0, 0.1) is 26.7 Å². The summed E-state index contributed by atoms with van der Waals surface area (Å²) in [7, 11) is 0. The molecule has 0 aliphatic heterocycles. The molecule has 0 saturated carbocycles. The van der Waals surface area contributed by atoms with Gasteiger partial charge in [0.2, 0.25) is 5.91 Å². The van der Waals surface area contributed by atoms with E-state index < -0.39 is 0 Å². The number of aryl methyl sites for hydroxylation is 2. The Balaban J connectivity index is 1.91. The molecule has 0 aliphatic carbocycles. The van der Waals surface area contributed by atoms with Gasteiger partial charge in [-0.2, -0.15) is 5.10 Å². The van der Waals surface area contributed by atoms with Crippen molar-refractivity contribution in [2.45, 2.75) is 40.8 Å². The van der Waals surface area contributed by atoms with E-state index in [9.17, 15) is 4.79 Å². The third kappa shape index (κ3) is 3.75. The number of rotatable bonds is 5. The molecule has 6 heteroatoms. The van der Waals surface area contributed by atoms with Crippen LogP contribution in [0.15, 0.2) is 21.0 Å². The zero-order valence-corrected chi connectivity index (χ0v) is 14.3. The lowest BCUT2D eigenvalue weighted by atomic mass is 10.1. The van der Waals surface area contributed by atoms with Gasteiger partial charge in [-0.1, -0.05) is 6.92 Å². The van der Waals surface area contributed by atoms with Crippen LogP contribution in [0.1, 0.15) is 29.8 Å². The van der Waals surface area contributed by atoms with Crippen molar-refractivity contribution < 1.29 is 9.21 Å². The molecule has 2 aromatic rings. The lowest BCUT2D eigenvalue weighted by Crippen LogP contribution is -2.31. The predicted octanol–water partition coefficient (Wildman–Crippen LogP) is 3.12. The SMILES string of the molecule is Cc1ccc(CNC(=O)C(C)Cn2nc(C)c(Br)c2C)o1. The summed E-state index contributed by atoms with van der Waals surface area (Å²) in [6.45, 7) is 8.68. The quantitative estimate of drug-likeness (QED) is 0.898. The lowest BCUT2D eigenvalue weighted by molar-refractivity contribution is -0.125. The number of nitrogens with one attached hydrogen (secondary N) is 1. The summed E-state index contributed by atoms with van der Waals surface area (Å²) in [4.78, 5) is 12.1. The van der Waals surface area contributed by atoms with E-state index in [-0.39, 0.29) is 11.8 Å². The molecule has 114 valence electrons. The highest BCUT2D eigenvalue weighted by Gasteiger charge is 2.17. The smallest absolute Gasteiger partial charge is 0.225 e. The van der Waals surface area contributed by atoms with Gasteiger partial charge in [0, 0.05) is 5.69 Å². The zero-order chi connectivity index (χ0) is 15.6. The molecule has 0 fully saturated rings. The van der Waals surface area contributed by atoms with Crippen molar-refractivity contribution in [3.63, 3.8) is 0 Å². The van der Waals surface area contributed by atoms with Crippen molar-refractivity contribution in [3.05, 3.63) is 39.5 Å². The minimum Gasteiger partial charge on any atom is -0.465 e. The molecule has 0 aromatic carbocycles. The van der Waals surface area contributed by atoms with Gasteiger partial charge in [0.05, 0.1) is 29.2 Å². The number of amides is 1. The molecule has 1 unspecified atom stereocenters. The second-order valence-electron chi connectivity index (χ2n) is 5.30. The first kappa shape index (κ1) is 15.8. The van der Waals surface area contributed by atoms with E-state index in [1.54, 1.807) is 0 Å². The third-order valence-electron chi connectivity index (χ3n) is 3.42. The van der Waals surface area contributed by atoms with Crippen molar-refractivity contribution in [3.8, 4) is 0 Å². The second-order valence-corrected chi connectivity index (χ2v) is 6.09. The fraction of sp³-hybridized carbons (Fsp3) is 0.467. The molecular weight excluding hydrogens is 334 g/mol. The summed E-state index contributed by atoms with van der Waals surface area (Å²) in [6, 6.07) is 3.76. The van der Waals surface area contributed by atoms with Gasteiger partial charge in [-0.25, -0.2) is 0 Å². The molecule has 0 bridgehead atoms.